The van der Waals surface area contributed by atoms with Crippen LogP contribution in [0.4, 0.5) is 10.1 Å². The average Bonchev–Trinajstić information content (AvgIpc) is 3.01. The molecule has 2 amide bonds. The van der Waals surface area contributed by atoms with Gasteiger partial charge in [-0.1, -0.05) is 41.9 Å². The van der Waals surface area contributed by atoms with E-state index in [-0.39, 0.29) is 23.6 Å². The van der Waals surface area contributed by atoms with Gasteiger partial charge >= 0.3 is 0 Å². The van der Waals surface area contributed by atoms with E-state index in [4.69, 9.17) is 16.3 Å². The Hall–Kier alpha value is -3.64. The van der Waals surface area contributed by atoms with Crippen LogP contribution in [0.5, 0.6) is 5.75 Å². The van der Waals surface area contributed by atoms with Crippen molar-refractivity contribution in [1.82, 2.24) is 4.90 Å². The van der Waals surface area contributed by atoms with Gasteiger partial charge in [-0.2, -0.15) is 0 Å². The molecule has 0 atom stereocenters. The van der Waals surface area contributed by atoms with E-state index in [1.807, 2.05) is 13.0 Å². The maximum atomic E-state index is 13.3. The summed E-state index contributed by atoms with van der Waals surface area (Å²) in [5.74, 6) is -0.647. The van der Waals surface area contributed by atoms with Gasteiger partial charge in [0.05, 0.1) is 18.7 Å². The van der Waals surface area contributed by atoms with E-state index in [2.05, 4.69) is 5.32 Å². The topological polar surface area (TPSA) is 58.6 Å². The summed E-state index contributed by atoms with van der Waals surface area (Å²) in [7, 11) is 0. The minimum atomic E-state index is -0.467. The third-order valence-corrected chi connectivity index (χ3v) is 5.22. The molecule has 0 aromatic heterocycles. The van der Waals surface area contributed by atoms with Gasteiger partial charge in [-0.15, -0.1) is 0 Å². The van der Waals surface area contributed by atoms with Crippen LogP contribution < -0.4 is 10.1 Å². The standard InChI is InChI=1S/C25H20ClFN2O3/c1-2-32-21-5-3-4-20(14-21)28-23-22(17-8-10-18(26)11-9-17)24(30)29(25(23)31)15-16-6-12-19(27)13-7-16/h3-14,28H,2,15H2,1H3. The number of hydrogen-bond donors (Lipinski definition) is 1. The summed E-state index contributed by atoms with van der Waals surface area (Å²) < 4.78 is 18.8. The minimum absolute atomic E-state index is 0.0270. The lowest BCUT2D eigenvalue weighted by atomic mass is 10.0. The molecule has 0 unspecified atom stereocenters. The van der Waals surface area contributed by atoms with Gasteiger partial charge in [0.15, 0.2) is 0 Å². The van der Waals surface area contributed by atoms with E-state index in [1.165, 1.54) is 12.1 Å². The fourth-order valence-corrected chi connectivity index (χ4v) is 3.59. The second-order valence-electron chi connectivity index (χ2n) is 7.17. The van der Waals surface area contributed by atoms with Crippen LogP contribution >= 0.6 is 11.6 Å². The number of nitrogens with zero attached hydrogens (tertiary/aromatic N) is 1. The molecule has 0 spiro atoms. The molecule has 32 heavy (non-hydrogen) atoms. The maximum Gasteiger partial charge on any atom is 0.278 e. The fourth-order valence-electron chi connectivity index (χ4n) is 3.47. The number of imide groups is 1. The molecule has 0 saturated heterocycles. The third kappa shape index (κ3) is 4.50. The number of ether oxygens (including phenoxy) is 1. The van der Waals surface area contributed by atoms with Gasteiger partial charge in [0, 0.05) is 16.8 Å². The molecule has 1 aliphatic rings. The summed E-state index contributed by atoms with van der Waals surface area (Å²) in [6, 6.07) is 19.6. The summed E-state index contributed by atoms with van der Waals surface area (Å²) in [4.78, 5) is 27.8. The molecule has 3 aromatic carbocycles. The summed E-state index contributed by atoms with van der Waals surface area (Å²) in [5, 5.41) is 3.62. The van der Waals surface area contributed by atoms with Gasteiger partial charge in [-0.05, 0) is 54.4 Å². The van der Waals surface area contributed by atoms with E-state index in [0.29, 0.717) is 34.2 Å². The average molecular weight is 451 g/mol. The second-order valence-corrected chi connectivity index (χ2v) is 7.60. The molecular weight excluding hydrogens is 431 g/mol. The predicted octanol–water partition coefficient (Wildman–Crippen LogP) is 5.27. The molecule has 1 heterocycles. The molecule has 5 nitrogen and oxygen atoms in total. The molecule has 0 radical (unpaired) electrons. The van der Waals surface area contributed by atoms with Crippen molar-refractivity contribution in [3.05, 3.63) is 100 Å². The Labute approximate surface area is 190 Å². The first kappa shape index (κ1) is 21.6. The van der Waals surface area contributed by atoms with Gasteiger partial charge in [0.2, 0.25) is 0 Å². The van der Waals surface area contributed by atoms with Gasteiger partial charge in [0.1, 0.15) is 17.3 Å². The Kier molecular flexibility index (Phi) is 6.23. The molecule has 0 fully saturated rings. The highest BCUT2D eigenvalue weighted by Crippen LogP contribution is 2.32. The van der Waals surface area contributed by atoms with Crippen molar-refractivity contribution < 1.29 is 18.7 Å². The van der Waals surface area contributed by atoms with Crippen molar-refractivity contribution in [2.24, 2.45) is 0 Å². The summed E-state index contributed by atoms with van der Waals surface area (Å²) in [6.07, 6.45) is 0. The van der Waals surface area contributed by atoms with E-state index < -0.39 is 11.8 Å². The van der Waals surface area contributed by atoms with Gasteiger partial charge < -0.3 is 10.1 Å². The van der Waals surface area contributed by atoms with Gasteiger partial charge in [-0.3, -0.25) is 14.5 Å². The van der Waals surface area contributed by atoms with E-state index in [0.717, 1.165) is 4.90 Å². The zero-order valence-corrected chi connectivity index (χ0v) is 18.0. The minimum Gasteiger partial charge on any atom is -0.494 e. The van der Waals surface area contributed by atoms with Crippen molar-refractivity contribution in [2.45, 2.75) is 13.5 Å². The lowest BCUT2D eigenvalue weighted by Crippen LogP contribution is -2.32. The van der Waals surface area contributed by atoms with Crippen LogP contribution in [0.2, 0.25) is 5.02 Å². The van der Waals surface area contributed by atoms with Crippen molar-refractivity contribution >= 4 is 34.7 Å². The summed E-state index contributed by atoms with van der Waals surface area (Å²) >= 11 is 6.01. The number of carbonyl (C=O) groups excluding carboxylic acids is 2. The molecule has 162 valence electrons. The van der Waals surface area contributed by atoms with E-state index >= 15 is 0 Å². The molecular formula is C25H20ClFN2O3. The zero-order valence-electron chi connectivity index (χ0n) is 17.3. The monoisotopic (exact) mass is 450 g/mol. The number of rotatable bonds is 7. The van der Waals surface area contributed by atoms with Crippen LogP contribution in [-0.2, 0) is 16.1 Å². The lowest BCUT2D eigenvalue weighted by molar-refractivity contribution is -0.137. The molecule has 0 bridgehead atoms. The zero-order chi connectivity index (χ0) is 22.7. The second kappa shape index (κ2) is 9.24. The highest BCUT2D eigenvalue weighted by atomic mass is 35.5. The van der Waals surface area contributed by atoms with E-state index in [9.17, 15) is 14.0 Å². The van der Waals surface area contributed by atoms with Crippen LogP contribution in [0, 0.1) is 5.82 Å². The number of nitrogens with one attached hydrogen (secondary N) is 1. The first-order chi connectivity index (χ1) is 15.5. The molecule has 7 heteroatoms. The van der Waals surface area contributed by atoms with Crippen LogP contribution in [-0.4, -0.2) is 23.3 Å². The smallest absolute Gasteiger partial charge is 0.278 e. The quantitative estimate of drug-likeness (QED) is 0.498. The maximum absolute atomic E-state index is 13.3. The summed E-state index contributed by atoms with van der Waals surface area (Å²) in [5.41, 5.74) is 2.23. The van der Waals surface area contributed by atoms with Crippen molar-refractivity contribution in [3.63, 3.8) is 0 Å². The Morgan fingerprint density at radius 1 is 0.969 bits per heavy atom. The normalized spacial score (nSPS) is 13.7. The number of hydrogen-bond acceptors (Lipinski definition) is 4. The number of amides is 2. The Balaban J connectivity index is 1.71. The van der Waals surface area contributed by atoms with Crippen LogP contribution in [0.25, 0.3) is 5.57 Å². The van der Waals surface area contributed by atoms with Crippen molar-refractivity contribution in [1.29, 1.82) is 0 Å². The molecule has 3 aromatic rings. The highest BCUT2D eigenvalue weighted by molar-refractivity contribution is 6.36. The highest BCUT2D eigenvalue weighted by Gasteiger charge is 2.39. The van der Waals surface area contributed by atoms with Crippen molar-refractivity contribution in [2.75, 3.05) is 11.9 Å². The molecule has 0 aliphatic carbocycles. The van der Waals surface area contributed by atoms with E-state index in [1.54, 1.807) is 54.6 Å². The van der Waals surface area contributed by atoms with Crippen LogP contribution in [0.3, 0.4) is 0 Å². The molecule has 1 aliphatic heterocycles. The largest absolute Gasteiger partial charge is 0.494 e. The number of anilines is 1. The van der Waals surface area contributed by atoms with Crippen LogP contribution in [0.15, 0.2) is 78.5 Å². The Bertz CT molecular complexity index is 1190. The Morgan fingerprint density at radius 3 is 2.38 bits per heavy atom. The third-order valence-electron chi connectivity index (χ3n) is 4.97. The number of carbonyl (C=O) groups is 2. The lowest BCUT2D eigenvalue weighted by Gasteiger charge is -2.15. The summed E-state index contributed by atoms with van der Waals surface area (Å²) in [6.45, 7) is 2.41. The fraction of sp³-hybridized carbons (Fsp3) is 0.120. The van der Waals surface area contributed by atoms with Gasteiger partial charge in [0.25, 0.3) is 11.8 Å². The number of benzene rings is 3. The predicted molar refractivity (Wildman–Crippen MR) is 122 cm³/mol. The Morgan fingerprint density at radius 2 is 1.69 bits per heavy atom. The first-order valence-electron chi connectivity index (χ1n) is 10.1. The SMILES string of the molecule is CCOc1cccc(NC2=C(c3ccc(Cl)cc3)C(=O)N(Cc3ccc(F)cc3)C2=O)c1. The molecule has 0 saturated carbocycles. The molecule has 4 rings (SSSR count). The van der Waals surface area contributed by atoms with Gasteiger partial charge in [-0.25, -0.2) is 4.39 Å². The van der Waals surface area contributed by atoms with Crippen LogP contribution in [0.1, 0.15) is 18.1 Å². The van der Waals surface area contributed by atoms with Crippen molar-refractivity contribution in [3.8, 4) is 5.75 Å². The first-order valence-corrected chi connectivity index (χ1v) is 10.4. The number of halogens is 2. The molecule has 1 N–H and O–H groups in total.